The Balaban J connectivity index is 1.58. The zero-order valence-electron chi connectivity index (χ0n) is 14.3. The lowest BCUT2D eigenvalue weighted by molar-refractivity contribution is 0.270. The van der Waals surface area contributed by atoms with Gasteiger partial charge in [0, 0.05) is 32.7 Å². The first-order chi connectivity index (χ1) is 11.8. The van der Waals surface area contributed by atoms with E-state index in [2.05, 4.69) is 37.2 Å². The molecule has 3 rings (SSSR count). The molecule has 1 N–H and O–H groups in total. The van der Waals surface area contributed by atoms with Gasteiger partial charge >= 0.3 is 0 Å². The summed E-state index contributed by atoms with van der Waals surface area (Å²) < 4.78 is 5.17. The van der Waals surface area contributed by atoms with E-state index in [1.807, 2.05) is 24.3 Å². The molecule has 24 heavy (non-hydrogen) atoms. The molecule has 0 aliphatic carbocycles. The van der Waals surface area contributed by atoms with Crippen LogP contribution >= 0.6 is 0 Å². The molecule has 1 aromatic heterocycles. The average Bonchev–Trinajstić information content (AvgIpc) is 2.67. The molecule has 1 aromatic carbocycles. The summed E-state index contributed by atoms with van der Waals surface area (Å²) in [6, 6.07) is 7.93. The maximum absolute atomic E-state index is 5.17. The first kappa shape index (κ1) is 16.4. The van der Waals surface area contributed by atoms with Crippen LogP contribution in [0.15, 0.2) is 30.5 Å². The fourth-order valence-electron chi connectivity index (χ4n) is 2.74. The molecule has 1 fully saturated rings. The highest BCUT2D eigenvalue weighted by molar-refractivity contribution is 5.41. The Labute approximate surface area is 142 Å². The van der Waals surface area contributed by atoms with Crippen LogP contribution < -0.4 is 15.0 Å². The van der Waals surface area contributed by atoms with Crippen LogP contribution in [0.1, 0.15) is 12.5 Å². The SMILES string of the molecule is CCN1CCN(c2cnnc(NCc3ccc(OC)cc3)n2)CC1. The quantitative estimate of drug-likeness (QED) is 0.864. The second-order valence-electron chi connectivity index (χ2n) is 5.76. The van der Waals surface area contributed by atoms with Crippen LogP contribution in [0.25, 0.3) is 0 Å². The van der Waals surface area contributed by atoms with Crippen molar-refractivity contribution < 1.29 is 4.74 Å². The molecule has 1 aliphatic heterocycles. The number of anilines is 2. The van der Waals surface area contributed by atoms with Gasteiger partial charge in [-0.2, -0.15) is 10.1 Å². The molecule has 0 amide bonds. The molecule has 7 nitrogen and oxygen atoms in total. The van der Waals surface area contributed by atoms with Crippen molar-refractivity contribution in [1.82, 2.24) is 20.1 Å². The molecule has 0 bridgehead atoms. The number of rotatable bonds is 6. The number of hydrogen-bond donors (Lipinski definition) is 1. The molecule has 7 heteroatoms. The highest BCUT2D eigenvalue weighted by Crippen LogP contribution is 2.15. The third-order valence-electron chi connectivity index (χ3n) is 4.30. The maximum atomic E-state index is 5.17. The molecule has 2 heterocycles. The van der Waals surface area contributed by atoms with Crippen molar-refractivity contribution in [2.75, 3.05) is 50.1 Å². The summed E-state index contributed by atoms with van der Waals surface area (Å²) >= 11 is 0. The number of hydrogen-bond acceptors (Lipinski definition) is 7. The number of likely N-dealkylation sites (N-methyl/N-ethyl adjacent to an activating group) is 1. The van der Waals surface area contributed by atoms with E-state index in [1.54, 1.807) is 13.3 Å². The Morgan fingerprint density at radius 1 is 1.12 bits per heavy atom. The summed E-state index contributed by atoms with van der Waals surface area (Å²) in [5.74, 6) is 2.30. The molecule has 1 saturated heterocycles. The number of piperazine rings is 1. The van der Waals surface area contributed by atoms with E-state index >= 15 is 0 Å². The molecule has 128 valence electrons. The minimum Gasteiger partial charge on any atom is -0.497 e. The predicted molar refractivity (Wildman–Crippen MR) is 94.5 cm³/mol. The Hall–Kier alpha value is -2.41. The van der Waals surface area contributed by atoms with Gasteiger partial charge in [-0.25, -0.2) is 0 Å². The van der Waals surface area contributed by atoms with Crippen LogP contribution in [0.4, 0.5) is 11.8 Å². The highest BCUT2D eigenvalue weighted by Gasteiger charge is 2.17. The predicted octanol–water partition coefficient (Wildman–Crippen LogP) is 1.63. The van der Waals surface area contributed by atoms with Crippen molar-refractivity contribution in [3.63, 3.8) is 0 Å². The summed E-state index contributed by atoms with van der Waals surface area (Å²) in [6.07, 6.45) is 1.74. The first-order valence-corrected chi connectivity index (χ1v) is 8.32. The molecule has 0 saturated carbocycles. The Morgan fingerprint density at radius 3 is 2.54 bits per heavy atom. The Morgan fingerprint density at radius 2 is 1.88 bits per heavy atom. The van der Waals surface area contributed by atoms with E-state index in [0.29, 0.717) is 12.5 Å². The van der Waals surface area contributed by atoms with Gasteiger partial charge in [-0.05, 0) is 24.2 Å². The lowest BCUT2D eigenvalue weighted by Crippen LogP contribution is -2.46. The van der Waals surface area contributed by atoms with Gasteiger partial charge in [-0.3, -0.25) is 0 Å². The van der Waals surface area contributed by atoms with E-state index < -0.39 is 0 Å². The number of nitrogens with one attached hydrogen (secondary N) is 1. The minimum absolute atomic E-state index is 0.557. The third-order valence-corrected chi connectivity index (χ3v) is 4.30. The summed E-state index contributed by atoms with van der Waals surface area (Å²) in [6.45, 7) is 8.03. The fourth-order valence-corrected chi connectivity index (χ4v) is 2.74. The zero-order valence-corrected chi connectivity index (χ0v) is 14.3. The van der Waals surface area contributed by atoms with Crippen LogP contribution in [-0.2, 0) is 6.54 Å². The van der Waals surface area contributed by atoms with E-state index in [0.717, 1.165) is 49.9 Å². The topological polar surface area (TPSA) is 66.4 Å². The number of benzene rings is 1. The lowest BCUT2D eigenvalue weighted by Gasteiger charge is -2.34. The Bertz CT molecular complexity index is 640. The van der Waals surface area contributed by atoms with Gasteiger partial charge in [0.25, 0.3) is 0 Å². The summed E-state index contributed by atoms with van der Waals surface area (Å²) in [7, 11) is 1.67. The van der Waals surface area contributed by atoms with Gasteiger partial charge in [0.2, 0.25) is 5.95 Å². The van der Waals surface area contributed by atoms with Crippen molar-refractivity contribution >= 4 is 11.8 Å². The van der Waals surface area contributed by atoms with Gasteiger partial charge in [0.05, 0.1) is 13.3 Å². The van der Waals surface area contributed by atoms with Gasteiger partial charge in [-0.15, -0.1) is 5.10 Å². The highest BCUT2D eigenvalue weighted by atomic mass is 16.5. The van der Waals surface area contributed by atoms with E-state index in [1.165, 1.54) is 0 Å². The van der Waals surface area contributed by atoms with Gasteiger partial charge < -0.3 is 19.9 Å². The van der Waals surface area contributed by atoms with Crippen molar-refractivity contribution in [1.29, 1.82) is 0 Å². The molecule has 0 unspecified atom stereocenters. The largest absolute Gasteiger partial charge is 0.497 e. The number of ether oxygens (including phenoxy) is 1. The molecule has 0 spiro atoms. The Kier molecular flexibility index (Phi) is 5.43. The first-order valence-electron chi connectivity index (χ1n) is 8.32. The van der Waals surface area contributed by atoms with E-state index in [4.69, 9.17) is 4.74 Å². The molecule has 0 atom stereocenters. The van der Waals surface area contributed by atoms with Crippen LogP contribution in [0.3, 0.4) is 0 Å². The van der Waals surface area contributed by atoms with Crippen molar-refractivity contribution in [3.05, 3.63) is 36.0 Å². The zero-order chi connectivity index (χ0) is 16.8. The van der Waals surface area contributed by atoms with Crippen molar-refractivity contribution in [2.45, 2.75) is 13.5 Å². The fraction of sp³-hybridized carbons (Fsp3) is 0.471. The van der Waals surface area contributed by atoms with Crippen LogP contribution in [0.5, 0.6) is 5.75 Å². The lowest BCUT2D eigenvalue weighted by atomic mass is 10.2. The molecule has 2 aromatic rings. The number of methoxy groups -OCH3 is 1. The summed E-state index contributed by atoms with van der Waals surface area (Å²) in [5, 5.41) is 11.4. The van der Waals surface area contributed by atoms with Gasteiger partial charge in [-0.1, -0.05) is 19.1 Å². The third kappa shape index (κ3) is 4.11. The average molecular weight is 328 g/mol. The maximum Gasteiger partial charge on any atom is 0.244 e. The second-order valence-corrected chi connectivity index (χ2v) is 5.76. The van der Waals surface area contributed by atoms with Crippen LogP contribution in [0.2, 0.25) is 0 Å². The molecule has 0 radical (unpaired) electrons. The van der Waals surface area contributed by atoms with Gasteiger partial charge in [0.1, 0.15) is 5.75 Å². The normalized spacial score (nSPS) is 15.3. The number of aromatic nitrogens is 3. The standard InChI is InChI=1S/C17H24N6O/c1-3-22-8-10-23(11-9-22)16-13-19-21-17(20-16)18-12-14-4-6-15(24-2)7-5-14/h4-7,13H,3,8-12H2,1-2H3,(H,18,20,21). The van der Waals surface area contributed by atoms with E-state index in [9.17, 15) is 0 Å². The summed E-state index contributed by atoms with van der Waals surface area (Å²) in [5.41, 5.74) is 1.14. The van der Waals surface area contributed by atoms with Crippen LogP contribution in [-0.4, -0.2) is 59.9 Å². The smallest absolute Gasteiger partial charge is 0.244 e. The van der Waals surface area contributed by atoms with Gasteiger partial charge in [0.15, 0.2) is 5.82 Å². The molecular weight excluding hydrogens is 304 g/mol. The van der Waals surface area contributed by atoms with Crippen LogP contribution in [0, 0.1) is 0 Å². The molecule has 1 aliphatic rings. The monoisotopic (exact) mass is 328 g/mol. The second kappa shape index (κ2) is 7.92. The summed E-state index contributed by atoms with van der Waals surface area (Å²) in [4.78, 5) is 9.30. The molecular formula is C17H24N6O. The minimum atomic E-state index is 0.557. The number of nitrogens with zero attached hydrogens (tertiary/aromatic N) is 5. The van der Waals surface area contributed by atoms with E-state index in [-0.39, 0.29) is 0 Å². The van der Waals surface area contributed by atoms with Crippen molar-refractivity contribution in [3.8, 4) is 5.75 Å². The van der Waals surface area contributed by atoms with Crippen molar-refractivity contribution in [2.24, 2.45) is 0 Å².